The van der Waals surface area contributed by atoms with Crippen LogP contribution in [0.1, 0.15) is 15.9 Å². The van der Waals surface area contributed by atoms with Crippen molar-refractivity contribution >= 4 is 18.0 Å². The van der Waals surface area contributed by atoms with E-state index < -0.39 is 0 Å². The Morgan fingerprint density at radius 3 is 2.65 bits per heavy atom. The van der Waals surface area contributed by atoms with Gasteiger partial charge in [-0.15, -0.1) is 11.8 Å². The lowest BCUT2D eigenvalue weighted by molar-refractivity contribution is 0.112. The number of halogens is 1. The van der Waals surface area contributed by atoms with E-state index in [1.165, 1.54) is 12.3 Å². The molecular weight excluding hydrogens is 237 g/mol. The van der Waals surface area contributed by atoms with Crippen LogP contribution in [0.2, 0.25) is 0 Å². The van der Waals surface area contributed by atoms with Crippen molar-refractivity contribution in [3.8, 4) is 0 Å². The number of pyridine rings is 1. The van der Waals surface area contributed by atoms with E-state index in [0.29, 0.717) is 11.3 Å². The third-order valence-electron chi connectivity index (χ3n) is 2.18. The molecule has 2 aromatic rings. The first-order valence-electron chi connectivity index (χ1n) is 5.05. The van der Waals surface area contributed by atoms with E-state index in [2.05, 4.69) is 4.98 Å². The van der Waals surface area contributed by atoms with Crippen molar-refractivity contribution < 1.29 is 9.18 Å². The van der Waals surface area contributed by atoms with Gasteiger partial charge in [-0.3, -0.25) is 9.78 Å². The molecule has 1 aromatic carbocycles. The van der Waals surface area contributed by atoms with E-state index in [1.807, 2.05) is 12.1 Å². The molecule has 0 spiro atoms. The average Bonchev–Trinajstić information content (AvgIpc) is 2.37. The zero-order valence-corrected chi connectivity index (χ0v) is 9.78. The van der Waals surface area contributed by atoms with Crippen LogP contribution in [-0.2, 0) is 5.75 Å². The highest BCUT2D eigenvalue weighted by Crippen LogP contribution is 2.22. The molecule has 0 radical (unpaired) electrons. The molecule has 0 fully saturated rings. The van der Waals surface area contributed by atoms with Crippen LogP contribution in [-0.4, -0.2) is 11.3 Å². The number of benzene rings is 1. The predicted octanol–water partition coefficient (Wildman–Crippen LogP) is 3.33. The summed E-state index contributed by atoms with van der Waals surface area (Å²) in [6, 6.07) is 8.75. The highest BCUT2D eigenvalue weighted by Gasteiger charge is 1.99. The van der Waals surface area contributed by atoms with E-state index in [-0.39, 0.29) is 5.82 Å². The van der Waals surface area contributed by atoms with Crippen LogP contribution < -0.4 is 0 Å². The highest BCUT2D eigenvalue weighted by atomic mass is 32.2. The second-order valence-corrected chi connectivity index (χ2v) is 4.54. The van der Waals surface area contributed by atoms with Crippen LogP contribution in [0, 0.1) is 5.82 Å². The molecule has 0 aliphatic rings. The summed E-state index contributed by atoms with van der Waals surface area (Å²) in [6.45, 7) is 0. The normalized spacial score (nSPS) is 10.2. The first-order valence-corrected chi connectivity index (χ1v) is 6.04. The Labute approximate surface area is 103 Å². The lowest BCUT2D eigenvalue weighted by atomic mass is 10.2. The Hall–Kier alpha value is -1.68. The van der Waals surface area contributed by atoms with Crippen LogP contribution in [0.25, 0.3) is 0 Å². The van der Waals surface area contributed by atoms with Crippen molar-refractivity contribution in [2.24, 2.45) is 0 Å². The standard InChI is InChI=1S/C13H10FNOS/c14-12-5-11(6-15-7-12)9-17-13-3-1-10(8-16)2-4-13/h1-8H,9H2. The Morgan fingerprint density at radius 1 is 1.24 bits per heavy atom. The van der Waals surface area contributed by atoms with Crippen LogP contribution >= 0.6 is 11.8 Å². The van der Waals surface area contributed by atoms with E-state index in [4.69, 9.17) is 0 Å². The van der Waals surface area contributed by atoms with Gasteiger partial charge >= 0.3 is 0 Å². The number of carbonyl (C=O) groups excluding carboxylic acids is 1. The maximum Gasteiger partial charge on any atom is 0.150 e. The van der Waals surface area contributed by atoms with Crippen molar-refractivity contribution in [3.63, 3.8) is 0 Å². The lowest BCUT2D eigenvalue weighted by Gasteiger charge is -2.02. The summed E-state index contributed by atoms with van der Waals surface area (Å²) in [4.78, 5) is 15.3. The maximum absolute atomic E-state index is 12.9. The summed E-state index contributed by atoms with van der Waals surface area (Å²) in [5.41, 5.74) is 1.50. The van der Waals surface area contributed by atoms with Gasteiger partial charge in [-0.1, -0.05) is 12.1 Å². The van der Waals surface area contributed by atoms with E-state index in [9.17, 15) is 9.18 Å². The van der Waals surface area contributed by atoms with Crippen LogP contribution in [0.5, 0.6) is 0 Å². The molecule has 2 nitrogen and oxygen atoms in total. The van der Waals surface area contributed by atoms with Gasteiger partial charge in [-0.2, -0.15) is 0 Å². The van der Waals surface area contributed by atoms with Crippen molar-refractivity contribution in [2.45, 2.75) is 10.6 Å². The average molecular weight is 247 g/mol. The van der Waals surface area contributed by atoms with Crippen molar-refractivity contribution in [1.82, 2.24) is 4.98 Å². The van der Waals surface area contributed by atoms with E-state index in [0.717, 1.165) is 16.7 Å². The Balaban J connectivity index is 1.99. The number of rotatable bonds is 4. The van der Waals surface area contributed by atoms with Crippen molar-refractivity contribution in [2.75, 3.05) is 0 Å². The van der Waals surface area contributed by atoms with Crippen molar-refractivity contribution in [1.29, 1.82) is 0 Å². The van der Waals surface area contributed by atoms with Crippen LogP contribution in [0.15, 0.2) is 47.6 Å². The molecule has 1 heterocycles. The molecule has 0 unspecified atom stereocenters. The number of nitrogens with zero attached hydrogens (tertiary/aromatic N) is 1. The first-order chi connectivity index (χ1) is 8.28. The fourth-order valence-electron chi connectivity index (χ4n) is 1.34. The SMILES string of the molecule is O=Cc1ccc(SCc2cncc(F)c2)cc1. The minimum atomic E-state index is -0.320. The zero-order valence-electron chi connectivity index (χ0n) is 8.97. The summed E-state index contributed by atoms with van der Waals surface area (Å²) in [5, 5.41) is 0. The third-order valence-corrected chi connectivity index (χ3v) is 3.27. The number of aldehydes is 1. The molecule has 86 valence electrons. The Bertz CT molecular complexity index is 513. The monoisotopic (exact) mass is 247 g/mol. The van der Waals surface area contributed by atoms with Gasteiger partial charge < -0.3 is 0 Å². The lowest BCUT2D eigenvalue weighted by Crippen LogP contribution is -1.85. The minimum Gasteiger partial charge on any atom is -0.298 e. The van der Waals surface area contributed by atoms with Gasteiger partial charge in [0.1, 0.15) is 12.1 Å². The third kappa shape index (κ3) is 3.39. The summed E-state index contributed by atoms with van der Waals surface area (Å²) < 4.78 is 12.9. The topological polar surface area (TPSA) is 30.0 Å². The second-order valence-electron chi connectivity index (χ2n) is 3.49. The molecule has 0 aliphatic heterocycles. The Morgan fingerprint density at radius 2 is 2.00 bits per heavy atom. The first kappa shape index (κ1) is 11.8. The molecule has 0 aliphatic carbocycles. The summed E-state index contributed by atoms with van der Waals surface area (Å²) >= 11 is 1.58. The van der Waals surface area contributed by atoms with Gasteiger partial charge in [0.25, 0.3) is 0 Å². The summed E-state index contributed by atoms with van der Waals surface area (Å²) in [7, 11) is 0. The van der Waals surface area contributed by atoms with Crippen LogP contribution in [0.4, 0.5) is 4.39 Å². The van der Waals surface area contributed by atoms with Gasteiger partial charge in [-0.05, 0) is 23.8 Å². The van der Waals surface area contributed by atoms with E-state index >= 15 is 0 Å². The molecule has 0 saturated carbocycles. The maximum atomic E-state index is 12.9. The molecule has 4 heteroatoms. The highest BCUT2D eigenvalue weighted by molar-refractivity contribution is 7.98. The molecule has 2 rings (SSSR count). The molecule has 1 aromatic heterocycles. The summed E-state index contributed by atoms with van der Waals surface area (Å²) in [6.07, 6.45) is 3.65. The molecule has 0 atom stereocenters. The number of thioether (sulfide) groups is 1. The van der Waals surface area contributed by atoms with Gasteiger partial charge in [0.05, 0.1) is 6.20 Å². The number of hydrogen-bond donors (Lipinski definition) is 0. The van der Waals surface area contributed by atoms with Gasteiger partial charge in [-0.25, -0.2) is 4.39 Å². The molecule has 0 amide bonds. The van der Waals surface area contributed by atoms with Crippen molar-refractivity contribution in [3.05, 3.63) is 59.7 Å². The predicted molar refractivity (Wildman–Crippen MR) is 65.6 cm³/mol. The largest absolute Gasteiger partial charge is 0.298 e. The van der Waals surface area contributed by atoms with E-state index in [1.54, 1.807) is 30.1 Å². The number of hydrogen-bond acceptors (Lipinski definition) is 3. The van der Waals surface area contributed by atoms with Gasteiger partial charge in [0, 0.05) is 22.4 Å². The fourth-order valence-corrected chi connectivity index (χ4v) is 2.16. The Kier molecular flexibility index (Phi) is 3.88. The fraction of sp³-hybridized carbons (Fsp3) is 0.0769. The quantitative estimate of drug-likeness (QED) is 0.613. The molecule has 17 heavy (non-hydrogen) atoms. The van der Waals surface area contributed by atoms with Gasteiger partial charge in [0.15, 0.2) is 0 Å². The number of aromatic nitrogens is 1. The molecule has 0 saturated heterocycles. The minimum absolute atomic E-state index is 0.320. The van der Waals surface area contributed by atoms with Gasteiger partial charge in [0.2, 0.25) is 0 Å². The number of carbonyl (C=O) groups is 1. The molecule has 0 bridgehead atoms. The molecule has 0 N–H and O–H groups in total. The smallest absolute Gasteiger partial charge is 0.150 e. The molecular formula is C13H10FNOS. The second kappa shape index (κ2) is 5.59. The summed E-state index contributed by atoms with van der Waals surface area (Å²) in [5.74, 6) is 0.338. The zero-order chi connectivity index (χ0) is 12.1. The van der Waals surface area contributed by atoms with Crippen LogP contribution in [0.3, 0.4) is 0 Å².